The van der Waals surface area contributed by atoms with E-state index in [1.165, 1.54) is 6.07 Å². The number of ether oxygens (including phenoxy) is 1. The minimum atomic E-state index is -4.67. The number of esters is 1. The summed E-state index contributed by atoms with van der Waals surface area (Å²) < 4.78 is 44.7. The van der Waals surface area contributed by atoms with E-state index in [1.807, 2.05) is 0 Å². The number of rotatable bonds is 7. The van der Waals surface area contributed by atoms with Crippen molar-refractivity contribution in [2.24, 2.45) is 0 Å². The third-order valence-corrected chi connectivity index (χ3v) is 4.43. The first-order valence-corrected chi connectivity index (χ1v) is 9.12. The van der Waals surface area contributed by atoms with Crippen LogP contribution in [-0.2, 0) is 22.1 Å². The van der Waals surface area contributed by atoms with Crippen LogP contribution in [0.4, 0.5) is 13.2 Å². The zero-order chi connectivity index (χ0) is 22.5. The number of benzene rings is 1. The molecule has 0 amide bonds. The van der Waals surface area contributed by atoms with Crippen molar-refractivity contribution in [2.45, 2.75) is 32.4 Å². The standard InChI is InChI=1S/C20H16ClF3N2O4/c1-2-30-17(28)7-6-16(27)18-19(29)11(10-25)8-12(26-18)9-13-14(20(22,23)24)4-3-5-15(13)21/h3-5,8,29H,2,6-7,9H2,1H3. The highest BCUT2D eigenvalue weighted by atomic mass is 35.5. The normalized spacial score (nSPS) is 11.1. The third-order valence-electron chi connectivity index (χ3n) is 4.07. The van der Waals surface area contributed by atoms with Crippen LogP contribution >= 0.6 is 11.6 Å². The number of Topliss-reactive ketones (excluding diaryl/α,β-unsaturated/α-hetero) is 1. The fourth-order valence-corrected chi connectivity index (χ4v) is 2.96. The highest BCUT2D eigenvalue weighted by Gasteiger charge is 2.34. The molecular weight excluding hydrogens is 425 g/mol. The van der Waals surface area contributed by atoms with Crippen molar-refractivity contribution >= 4 is 23.4 Å². The maximum absolute atomic E-state index is 13.3. The number of aromatic nitrogens is 1. The van der Waals surface area contributed by atoms with Gasteiger partial charge in [-0.3, -0.25) is 9.59 Å². The van der Waals surface area contributed by atoms with Gasteiger partial charge in [-0.25, -0.2) is 4.98 Å². The van der Waals surface area contributed by atoms with Gasteiger partial charge in [0.05, 0.1) is 24.2 Å². The maximum Gasteiger partial charge on any atom is 0.416 e. The molecule has 0 fully saturated rings. The molecule has 30 heavy (non-hydrogen) atoms. The van der Waals surface area contributed by atoms with E-state index in [1.54, 1.807) is 13.0 Å². The molecule has 0 bridgehead atoms. The Morgan fingerprint density at radius 1 is 1.30 bits per heavy atom. The summed E-state index contributed by atoms with van der Waals surface area (Å²) >= 11 is 5.95. The Morgan fingerprint density at radius 3 is 2.60 bits per heavy atom. The molecule has 1 heterocycles. The predicted octanol–water partition coefficient (Wildman–Crippen LogP) is 4.45. The average molecular weight is 441 g/mol. The minimum absolute atomic E-state index is 0.0672. The fraction of sp³-hybridized carbons (Fsp3) is 0.300. The van der Waals surface area contributed by atoms with Crippen molar-refractivity contribution in [3.8, 4) is 11.8 Å². The van der Waals surface area contributed by atoms with Crippen LogP contribution in [-0.4, -0.2) is 28.4 Å². The van der Waals surface area contributed by atoms with Crippen molar-refractivity contribution < 1.29 is 32.6 Å². The van der Waals surface area contributed by atoms with Gasteiger partial charge in [0.1, 0.15) is 11.8 Å². The molecule has 2 aromatic rings. The van der Waals surface area contributed by atoms with Crippen molar-refractivity contribution in [1.29, 1.82) is 5.26 Å². The first-order chi connectivity index (χ1) is 14.1. The summed E-state index contributed by atoms with van der Waals surface area (Å²) in [6.45, 7) is 1.73. The Morgan fingerprint density at radius 2 is 2.00 bits per heavy atom. The Bertz CT molecular complexity index is 1020. The second-order valence-corrected chi connectivity index (χ2v) is 6.55. The van der Waals surface area contributed by atoms with Crippen LogP contribution in [0.1, 0.15) is 52.6 Å². The quantitative estimate of drug-likeness (QED) is 0.504. The molecule has 1 aromatic heterocycles. The van der Waals surface area contributed by atoms with Crippen LogP contribution < -0.4 is 0 Å². The molecule has 1 aromatic carbocycles. The SMILES string of the molecule is CCOC(=O)CCC(=O)c1nc(Cc2c(Cl)cccc2C(F)(F)F)cc(C#N)c1O. The van der Waals surface area contributed by atoms with E-state index in [-0.39, 0.29) is 41.3 Å². The van der Waals surface area contributed by atoms with Crippen LogP contribution in [0, 0.1) is 11.3 Å². The van der Waals surface area contributed by atoms with Crippen molar-refractivity contribution in [3.63, 3.8) is 0 Å². The lowest BCUT2D eigenvalue weighted by Gasteiger charge is -2.15. The summed E-state index contributed by atoms with van der Waals surface area (Å²) in [5.41, 5.74) is -2.16. The van der Waals surface area contributed by atoms with Gasteiger partial charge in [-0.15, -0.1) is 0 Å². The highest BCUT2D eigenvalue weighted by molar-refractivity contribution is 6.31. The molecule has 0 aliphatic heterocycles. The van der Waals surface area contributed by atoms with Crippen LogP contribution in [0.3, 0.4) is 0 Å². The smallest absolute Gasteiger partial charge is 0.416 e. The molecule has 0 saturated heterocycles. The Labute approximate surface area is 174 Å². The van der Waals surface area contributed by atoms with Crippen LogP contribution in [0.25, 0.3) is 0 Å². The molecule has 0 spiro atoms. The first-order valence-electron chi connectivity index (χ1n) is 8.74. The van der Waals surface area contributed by atoms with E-state index in [9.17, 15) is 33.1 Å². The van der Waals surface area contributed by atoms with Gasteiger partial charge in [-0.05, 0) is 30.7 Å². The molecule has 10 heteroatoms. The van der Waals surface area contributed by atoms with E-state index in [0.29, 0.717) is 0 Å². The number of carbonyl (C=O) groups is 2. The van der Waals surface area contributed by atoms with Crippen LogP contribution in [0.5, 0.6) is 5.75 Å². The largest absolute Gasteiger partial charge is 0.504 e. The second kappa shape index (κ2) is 9.59. The minimum Gasteiger partial charge on any atom is -0.504 e. The van der Waals surface area contributed by atoms with Crippen LogP contribution in [0.15, 0.2) is 24.3 Å². The van der Waals surface area contributed by atoms with Gasteiger partial charge in [0, 0.05) is 23.6 Å². The molecule has 0 unspecified atom stereocenters. The van der Waals surface area contributed by atoms with Crippen molar-refractivity contribution in [1.82, 2.24) is 4.98 Å². The fourth-order valence-electron chi connectivity index (χ4n) is 2.71. The highest BCUT2D eigenvalue weighted by Crippen LogP contribution is 2.36. The topological polar surface area (TPSA) is 100 Å². The number of nitriles is 1. The number of pyridine rings is 1. The Hall–Kier alpha value is -3.12. The first kappa shape index (κ1) is 23.2. The number of alkyl halides is 3. The van der Waals surface area contributed by atoms with Gasteiger partial charge in [0.15, 0.2) is 11.5 Å². The number of aromatic hydroxyl groups is 1. The van der Waals surface area contributed by atoms with Gasteiger partial charge in [-0.2, -0.15) is 18.4 Å². The number of nitrogens with zero attached hydrogens (tertiary/aromatic N) is 2. The van der Waals surface area contributed by atoms with E-state index in [0.717, 1.165) is 18.2 Å². The summed E-state index contributed by atoms with van der Waals surface area (Å²) in [6.07, 6.45) is -5.73. The zero-order valence-electron chi connectivity index (χ0n) is 15.7. The summed E-state index contributed by atoms with van der Waals surface area (Å²) in [4.78, 5) is 27.8. The summed E-state index contributed by atoms with van der Waals surface area (Å²) in [5.74, 6) is -2.09. The van der Waals surface area contributed by atoms with Crippen molar-refractivity contribution in [3.05, 3.63) is 57.4 Å². The molecule has 0 aliphatic rings. The molecule has 6 nitrogen and oxygen atoms in total. The Kier molecular flexibility index (Phi) is 7.40. The molecular formula is C20H16ClF3N2O4. The van der Waals surface area contributed by atoms with E-state index >= 15 is 0 Å². The molecule has 158 valence electrons. The number of halogens is 4. The number of ketones is 1. The van der Waals surface area contributed by atoms with E-state index in [4.69, 9.17) is 16.3 Å². The summed E-state index contributed by atoms with van der Waals surface area (Å²) in [6, 6.07) is 6.05. The molecule has 2 rings (SSSR count). The van der Waals surface area contributed by atoms with Gasteiger partial charge >= 0.3 is 12.1 Å². The molecule has 1 N–H and O–H groups in total. The lowest BCUT2D eigenvalue weighted by atomic mass is 10.00. The zero-order valence-corrected chi connectivity index (χ0v) is 16.5. The van der Waals surface area contributed by atoms with Gasteiger partial charge in [0.2, 0.25) is 0 Å². The Balaban J connectivity index is 2.43. The predicted molar refractivity (Wildman–Crippen MR) is 100 cm³/mol. The monoisotopic (exact) mass is 440 g/mol. The molecule has 0 aliphatic carbocycles. The van der Waals surface area contributed by atoms with Gasteiger partial charge in [0.25, 0.3) is 0 Å². The third kappa shape index (κ3) is 5.48. The number of hydrogen-bond donors (Lipinski definition) is 1. The van der Waals surface area contributed by atoms with Crippen LogP contribution in [0.2, 0.25) is 5.02 Å². The van der Waals surface area contributed by atoms with E-state index in [2.05, 4.69) is 4.98 Å². The summed E-state index contributed by atoms with van der Waals surface area (Å²) in [7, 11) is 0. The van der Waals surface area contributed by atoms with Crippen molar-refractivity contribution in [2.75, 3.05) is 6.61 Å². The average Bonchev–Trinajstić information content (AvgIpc) is 2.68. The van der Waals surface area contributed by atoms with Gasteiger partial charge in [-0.1, -0.05) is 17.7 Å². The van der Waals surface area contributed by atoms with Gasteiger partial charge < -0.3 is 9.84 Å². The second-order valence-electron chi connectivity index (χ2n) is 6.14. The molecule has 0 radical (unpaired) electrons. The molecule has 0 saturated carbocycles. The molecule has 0 atom stereocenters. The number of carbonyl (C=O) groups excluding carboxylic acids is 2. The maximum atomic E-state index is 13.3. The summed E-state index contributed by atoms with van der Waals surface area (Å²) in [5, 5.41) is 19.2. The van der Waals surface area contributed by atoms with E-state index < -0.39 is 41.4 Å². The lowest BCUT2D eigenvalue weighted by Crippen LogP contribution is -2.13. The lowest BCUT2D eigenvalue weighted by molar-refractivity contribution is -0.143. The number of hydrogen-bond acceptors (Lipinski definition) is 6.